The van der Waals surface area contributed by atoms with Gasteiger partial charge >= 0.3 is 0 Å². The minimum absolute atomic E-state index is 0.0112. The van der Waals surface area contributed by atoms with Crippen molar-refractivity contribution in [2.24, 2.45) is 3.77 Å². The summed E-state index contributed by atoms with van der Waals surface area (Å²) in [6, 6.07) is 9.16. The zero-order valence-corrected chi connectivity index (χ0v) is 11.2. The molecule has 0 aromatic heterocycles. The van der Waals surface area contributed by atoms with E-state index in [1.807, 2.05) is 44.2 Å². The molecular formula is C11H17NO2S2. The van der Waals surface area contributed by atoms with E-state index in [0.29, 0.717) is 0 Å². The average molecular weight is 259 g/mol. The fourth-order valence-electron chi connectivity index (χ4n) is 1.28. The molecule has 0 spiro atoms. The van der Waals surface area contributed by atoms with Crippen molar-refractivity contribution in [3.05, 3.63) is 35.9 Å². The highest BCUT2D eigenvalue weighted by molar-refractivity contribution is 7.99. The van der Waals surface area contributed by atoms with Crippen molar-refractivity contribution in [1.82, 2.24) is 0 Å². The first-order valence-electron chi connectivity index (χ1n) is 5.24. The summed E-state index contributed by atoms with van der Waals surface area (Å²) in [6.45, 7) is 3.93. The monoisotopic (exact) mass is 259 g/mol. The molecule has 1 rings (SSSR count). The van der Waals surface area contributed by atoms with Crippen LogP contribution in [-0.2, 0) is 26.5 Å². The van der Waals surface area contributed by atoms with E-state index in [1.165, 1.54) is 0 Å². The van der Waals surface area contributed by atoms with Gasteiger partial charge < -0.3 is 0 Å². The predicted molar refractivity (Wildman–Crippen MR) is 69.9 cm³/mol. The van der Waals surface area contributed by atoms with Gasteiger partial charge in [-0.05, 0) is 5.56 Å². The molecule has 0 aliphatic carbocycles. The van der Waals surface area contributed by atoms with Gasteiger partial charge in [0.1, 0.15) is 0 Å². The maximum absolute atomic E-state index is 11.8. The topological polar surface area (TPSA) is 46.5 Å². The van der Waals surface area contributed by atoms with Crippen LogP contribution < -0.4 is 0 Å². The van der Waals surface area contributed by atoms with Gasteiger partial charge in [-0.15, -0.1) is 3.77 Å². The summed E-state index contributed by atoms with van der Waals surface area (Å²) < 4.78 is 27.5. The highest BCUT2D eigenvalue weighted by atomic mass is 32.3. The van der Waals surface area contributed by atoms with Crippen molar-refractivity contribution in [3.63, 3.8) is 0 Å². The highest BCUT2D eigenvalue weighted by Crippen LogP contribution is 2.08. The van der Waals surface area contributed by atoms with Gasteiger partial charge in [-0.25, -0.2) is 8.42 Å². The summed E-state index contributed by atoms with van der Waals surface area (Å²) in [5.41, 5.74) is 0.794. The summed E-state index contributed by atoms with van der Waals surface area (Å²) in [4.78, 5) is 0. The van der Waals surface area contributed by atoms with Crippen LogP contribution in [0.3, 0.4) is 0 Å². The van der Waals surface area contributed by atoms with Crippen molar-refractivity contribution in [2.45, 2.75) is 19.6 Å². The van der Waals surface area contributed by atoms with Gasteiger partial charge in [-0.1, -0.05) is 54.9 Å². The normalized spacial score (nSPS) is 11.7. The van der Waals surface area contributed by atoms with Crippen LogP contribution in [0, 0.1) is 0 Å². The molecule has 1 aromatic carbocycles. The molecular weight excluding hydrogens is 242 g/mol. The summed E-state index contributed by atoms with van der Waals surface area (Å²) in [7, 11) is -3.67. The molecule has 0 radical (unpaired) electrons. The maximum Gasteiger partial charge on any atom is 0.262 e. The standard InChI is InChI=1S/C11H17NO2S2/c1-3-15(4-2)12-16(13,14)10-11-8-6-5-7-9-11/h5-9H,3-4,10H2,1-2H3. The van der Waals surface area contributed by atoms with E-state index in [2.05, 4.69) is 3.77 Å². The lowest BCUT2D eigenvalue weighted by Gasteiger charge is -2.03. The number of hydrogen-bond acceptors (Lipinski definition) is 2. The zero-order chi connectivity index (χ0) is 12.0. The van der Waals surface area contributed by atoms with Crippen molar-refractivity contribution < 1.29 is 8.42 Å². The van der Waals surface area contributed by atoms with Crippen molar-refractivity contribution in [2.75, 3.05) is 11.5 Å². The molecule has 0 amide bonds. The first-order valence-corrected chi connectivity index (χ1v) is 8.37. The summed E-state index contributed by atoms with van der Waals surface area (Å²) in [5, 5.41) is 0. The van der Waals surface area contributed by atoms with Crippen LogP contribution in [0.25, 0.3) is 0 Å². The van der Waals surface area contributed by atoms with Crippen molar-refractivity contribution >= 4 is 20.7 Å². The van der Waals surface area contributed by atoms with E-state index >= 15 is 0 Å². The van der Waals surface area contributed by atoms with E-state index in [0.717, 1.165) is 17.1 Å². The molecule has 90 valence electrons. The van der Waals surface area contributed by atoms with Gasteiger partial charge in [0.2, 0.25) is 0 Å². The van der Waals surface area contributed by atoms with Crippen LogP contribution in [0.2, 0.25) is 0 Å². The molecule has 1 aromatic rings. The minimum Gasteiger partial charge on any atom is -0.204 e. The van der Waals surface area contributed by atoms with Crippen LogP contribution in [0.4, 0.5) is 0 Å². The van der Waals surface area contributed by atoms with Gasteiger partial charge in [-0.2, -0.15) is 0 Å². The molecule has 16 heavy (non-hydrogen) atoms. The Morgan fingerprint density at radius 3 is 2.19 bits per heavy atom. The van der Waals surface area contributed by atoms with Crippen LogP contribution in [0.1, 0.15) is 19.4 Å². The molecule has 3 nitrogen and oxygen atoms in total. The highest BCUT2D eigenvalue weighted by Gasteiger charge is 2.10. The molecule has 0 heterocycles. The Balaban J connectivity index is 2.85. The second kappa shape index (κ2) is 6.15. The zero-order valence-electron chi connectivity index (χ0n) is 9.59. The SMILES string of the molecule is CCS(CC)=NS(=O)(=O)Cc1ccccc1. The smallest absolute Gasteiger partial charge is 0.204 e. The quantitative estimate of drug-likeness (QED) is 0.815. The molecule has 0 atom stereocenters. The third-order valence-corrected chi connectivity index (χ3v) is 5.86. The first-order chi connectivity index (χ1) is 7.57. The Bertz CT molecular complexity index is 446. The Morgan fingerprint density at radius 1 is 1.12 bits per heavy atom. The number of rotatable bonds is 5. The second-order valence-electron chi connectivity index (χ2n) is 3.33. The molecule has 0 aliphatic heterocycles. The number of benzene rings is 1. The van der Waals surface area contributed by atoms with Gasteiger partial charge in [-0.3, -0.25) is 0 Å². The van der Waals surface area contributed by atoms with Crippen LogP contribution in [0.15, 0.2) is 34.1 Å². The lowest BCUT2D eigenvalue weighted by atomic mass is 10.2. The number of sulfonamides is 1. The molecule has 5 heteroatoms. The van der Waals surface area contributed by atoms with Crippen molar-refractivity contribution in [1.29, 1.82) is 0 Å². The van der Waals surface area contributed by atoms with Gasteiger partial charge in [0.15, 0.2) is 0 Å². The Morgan fingerprint density at radius 2 is 1.69 bits per heavy atom. The van der Waals surface area contributed by atoms with Crippen LogP contribution >= 0.6 is 0 Å². The van der Waals surface area contributed by atoms with E-state index in [9.17, 15) is 8.42 Å². The Labute approximate surface area is 100 Å². The lowest BCUT2D eigenvalue weighted by molar-refractivity contribution is 0.598. The molecule has 0 aliphatic rings. The third-order valence-electron chi connectivity index (χ3n) is 2.08. The molecule has 0 saturated carbocycles. The third kappa shape index (κ3) is 4.45. The van der Waals surface area contributed by atoms with E-state index < -0.39 is 10.0 Å². The first kappa shape index (κ1) is 13.4. The van der Waals surface area contributed by atoms with Gasteiger partial charge in [0.05, 0.1) is 5.75 Å². The average Bonchev–Trinajstić information content (AvgIpc) is 2.26. The largest absolute Gasteiger partial charge is 0.262 e. The minimum atomic E-state index is -3.32. The number of nitrogens with zero attached hydrogens (tertiary/aromatic N) is 1. The Hall–Kier alpha value is -0.680. The van der Waals surface area contributed by atoms with Crippen molar-refractivity contribution in [3.8, 4) is 0 Å². The number of hydrogen-bond donors (Lipinski definition) is 0. The van der Waals surface area contributed by atoms with Gasteiger partial charge in [0.25, 0.3) is 10.0 Å². The van der Waals surface area contributed by atoms with Crippen LogP contribution in [-0.4, -0.2) is 19.9 Å². The molecule has 0 unspecified atom stereocenters. The lowest BCUT2D eigenvalue weighted by Crippen LogP contribution is -2.05. The summed E-state index contributed by atoms with van der Waals surface area (Å²) >= 11 is 0. The summed E-state index contributed by atoms with van der Waals surface area (Å²) in [6.07, 6.45) is 0. The fourth-order valence-corrected chi connectivity index (χ4v) is 4.64. The molecule has 0 bridgehead atoms. The molecule has 0 saturated heterocycles. The van der Waals surface area contributed by atoms with E-state index in [4.69, 9.17) is 0 Å². The second-order valence-corrected chi connectivity index (χ2v) is 7.45. The van der Waals surface area contributed by atoms with Gasteiger partial charge in [0, 0.05) is 11.5 Å². The maximum atomic E-state index is 11.8. The fraction of sp³-hybridized carbons (Fsp3) is 0.455. The van der Waals surface area contributed by atoms with E-state index in [-0.39, 0.29) is 16.4 Å². The van der Waals surface area contributed by atoms with Crippen LogP contribution in [0.5, 0.6) is 0 Å². The Kier molecular flexibility index (Phi) is 5.15. The predicted octanol–water partition coefficient (Wildman–Crippen LogP) is 2.36. The molecule has 0 N–H and O–H groups in total. The molecule has 0 fully saturated rings. The summed E-state index contributed by atoms with van der Waals surface area (Å²) in [5.74, 6) is 1.60. The van der Waals surface area contributed by atoms with E-state index in [1.54, 1.807) is 0 Å².